The van der Waals surface area contributed by atoms with E-state index in [1.54, 1.807) is 6.26 Å². The number of hydrogen-bond acceptors (Lipinski definition) is 3. The van der Waals surface area contributed by atoms with Crippen LogP contribution in [0.5, 0.6) is 0 Å². The molecule has 0 fully saturated rings. The molecule has 6 nitrogen and oxygen atoms in total. The fourth-order valence-electron chi connectivity index (χ4n) is 2.09. The Hall–Kier alpha value is -1.48. The largest absolute Gasteiger partial charge is 0.467 e. The lowest BCUT2D eigenvalue weighted by molar-refractivity contribution is 0.105. The van der Waals surface area contributed by atoms with Crippen molar-refractivity contribution in [2.24, 2.45) is 4.99 Å². The number of nitrogens with zero attached hydrogens (tertiary/aromatic N) is 2. The first-order chi connectivity index (χ1) is 11.4. The second-order valence-corrected chi connectivity index (χ2v) is 5.09. The molecule has 0 spiro atoms. The Morgan fingerprint density at radius 3 is 2.79 bits per heavy atom. The van der Waals surface area contributed by atoms with Crippen molar-refractivity contribution in [3.63, 3.8) is 0 Å². The summed E-state index contributed by atoms with van der Waals surface area (Å²) in [5.41, 5.74) is 0. The molecule has 0 saturated carbocycles. The lowest BCUT2D eigenvalue weighted by Gasteiger charge is -2.11. The third-order valence-corrected chi connectivity index (χ3v) is 3.21. The van der Waals surface area contributed by atoms with Crippen LogP contribution in [0.15, 0.2) is 52.3 Å². The van der Waals surface area contributed by atoms with Gasteiger partial charge in [0.2, 0.25) is 0 Å². The maximum absolute atomic E-state index is 5.54. The van der Waals surface area contributed by atoms with Gasteiger partial charge in [-0.05, 0) is 37.6 Å². The summed E-state index contributed by atoms with van der Waals surface area (Å²) < 4.78 is 12.9. The number of aromatic nitrogens is 1. The fraction of sp³-hybridized carbons (Fsp3) is 0.471. The van der Waals surface area contributed by atoms with Gasteiger partial charge in [-0.2, -0.15) is 0 Å². The summed E-state index contributed by atoms with van der Waals surface area (Å²) in [6.45, 7) is 6.61. The van der Waals surface area contributed by atoms with Gasteiger partial charge < -0.3 is 24.4 Å². The first-order valence-electron chi connectivity index (χ1n) is 8.11. The molecule has 2 aromatic heterocycles. The van der Waals surface area contributed by atoms with E-state index in [0.29, 0.717) is 13.2 Å². The Labute approximate surface area is 160 Å². The Morgan fingerprint density at radius 2 is 2.08 bits per heavy atom. The van der Waals surface area contributed by atoms with Crippen LogP contribution in [-0.2, 0) is 17.9 Å². The molecule has 0 amide bonds. The van der Waals surface area contributed by atoms with Gasteiger partial charge in [0.05, 0.1) is 6.26 Å². The molecule has 0 bridgehead atoms. The lowest BCUT2D eigenvalue weighted by Crippen LogP contribution is -2.38. The monoisotopic (exact) mass is 446 g/mol. The van der Waals surface area contributed by atoms with Crippen LogP contribution in [0.4, 0.5) is 0 Å². The summed E-state index contributed by atoms with van der Waals surface area (Å²) in [4.78, 5) is 4.55. The Bertz CT molecular complexity index is 541. The van der Waals surface area contributed by atoms with E-state index in [4.69, 9.17) is 9.15 Å². The van der Waals surface area contributed by atoms with E-state index < -0.39 is 0 Å². The molecule has 0 radical (unpaired) electrons. The highest BCUT2D eigenvalue weighted by Crippen LogP contribution is 2.01. The zero-order chi connectivity index (χ0) is 16.2. The molecular weight excluding hydrogens is 419 g/mol. The number of hydrogen-bond donors (Lipinski definition) is 2. The average Bonchev–Trinajstić information content (AvgIpc) is 3.24. The second kappa shape index (κ2) is 12.9. The minimum atomic E-state index is 0. The van der Waals surface area contributed by atoms with E-state index in [2.05, 4.69) is 39.5 Å². The van der Waals surface area contributed by atoms with Crippen LogP contribution in [0.3, 0.4) is 0 Å². The smallest absolute Gasteiger partial charge is 0.191 e. The molecule has 0 aromatic carbocycles. The maximum Gasteiger partial charge on any atom is 0.191 e. The summed E-state index contributed by atoms with van der Waals surface area (Å²) in [5, 5.41) is 6.58. The molecular formula is C17H27IN4O2. The van der Waals surface area contributed by atoms with E-state index >= 15 is 0 Å². The van der Waals surface area contributed by atoms with Crippen LogP contribution < -0.4 is 10.6 Å². The molecule has 0 aliphatic rings. The van der Waals surface area contributed by atoms with Crippen molar-refractivity contribution < 1.29 is 9.15 Å². The molecule has 7 heteroatoms. The molecule has 0 aliphatic heterocycles. The second-order valence-electron chi connectivity index (χ2n) is 5.09. The molecule has 2 rings (SSSR count). The average molecular weight is 446 g/mol. The molecule has 0 atom stereocenters. The number of furan rings is 1. The predicted molar refractivity (Wildman–Crippen MR) is 107 cm³/mol. The van der Waals surface area contributed by atoms with Crippen LogP contribution in [0.25, 0.3) is 0 Å². The first-order valence-corrected chi connectivity index (χ1v) is 8.11. The molecule has 24 heavy (non-hydrogen) atoms. The van der Waals surface area contributed by atoms with Crippen LogP contribution in [0.1, 0.15) is 19.1 Å². The summed E-state index contributed by atoms with van der Waals surface area (Å²) >= 11 is 0. The molecule has 0 aliphatic carbocycles. The number of aliphatic imine (C=N–C) groups is 1. The summed E-state index contributed by atoms with van der Waals surface area (Å²) in [7, 11) is 0. The van der Waals surface area contributed by atoms with E-state index in [1.807, 2.05) is 24.3 Å². The standard InChI is InChI=1S/C17H26N4O2.HI/c1-2-18-17(20-9-12-21-10-3-4-11-21)19-8-6-13-22-15-16-7-5-14-23-16;/h3-5,7,10-11,14H,2,6,8-9,12-13,15H2,1H3,(H2,18,19,20);1H. The van der Waals surface area contributed by atoms with Crippen molar-refractivity contribution in [3.05, 3.63) is 48.7 Å². The van der Waals surface area contributed by atoms with Crippen molar-refractivity contribution in [3.8, 4) is 0 Å². The van der Waals surface area contributed by atoms with Gasteiger partial charge in [0.15, 0.2) is 5.96 Å². The number of ether oxygens (including phenoxy) is 1. The zero-order valence-electron chi connectivity index (χ0n) is 14.1. The van der Waals surface area contributed by atoms with Crippen molar-refractivity contribution in [1.29, 1.82) is 0 Å². The van der Waals surface area contributed by atoms with Crippen molar-refractivity contribution >= 4 is 29.9 Å². The highest BCUT2D eigenvalue weighted by Gasteiger charge is 1.98. The molecule has 2 heterocycles. The van der Waals surface area contributed by atoms with Gasteiger partial charge in [-0.3, -0.25) is 4.99 Å². The number of guanidine groups is 1. The number of nitrogens with one attached hydrogen (secondary N) is 2. The SMILES string of the molecule is CCNC(=NCCCOCc1ccco1)NCCn1cccc1.I. The van der Waals surface area contributed by atoms with Crippen LogP contribution in [0, 0.1) is 0 Å². The highest BCUT2D eigenvalue weighted by molar-refractivity contribution is 14.0. The predicted octanol–water partition coefficient (Wildman–Crippen LogP) is 2.86. The number of halogens is 1. The van der Waals surface area contributed by atoms with Crippen LogP contribution in [0.2, 0.25) is 0 Å². The van der Waals surface area contributed by atoms with Crippen LogP contribution >= 0.6 is 24.0 Å². The van der Waals surface area contributed by atoms with Gasteiger partial charge in [-0.1, -0.05) is 0 Å². The van der Waals surface area contributed by atoms with Crippen molar-refractivity contribution in [2.45, 2.75) is 26.5 Å². The Balaban J connectivity index is 0.00000288. The van der Waals surface area contributed by atoms with Gasteiger partial charge in [-0.25, -0.2) is 0 Å². The minimum Gasteiger partial charge on any atom is -0.467 e. The van der Waals surface area contributed by atoms with Crippen LogP contribution in [-0.4, -0.2) is 36.8 Å². The lowest BCUT2D eigenvalue weighted by atomic mass is 10.4. The van der Waals surface area contributed by atoms with E-state index in [1.165, 1.54) is 0 Å². The van der Waals surface area contributed by atoms with E-state index in [9.17, 15) is 0 Å². The third-order valence-electron chi connectivity index (χ3n) is 3.21. The van der Waals surface area contributed by atoms with Crippen molar-refractivity contribution in [2.75, 3.05) is 26.2 Å². The number of rotatable bonds is 10. The van der Waals surface area contributed by atoms with Gasteiger partial charge >= 0.3 is 0 Å². The quantitative estimate of drug-likeness (QED) is 0.255. The Kier molecular flexibility index (Phi) is 11.0. The maximum atomic E-state index is 5.54. The molecule has 0 saturated heterocycles. The summed E-state index contributed by atoms with van der Waals surface area (Å²) in [5.74, 6) is 1.71. The molecule has 0 unspecified atom stereocenters. The molecule has 2 aromatic rings. The van der Waals surface area contributed by atoms with Crippen molar-refractivity contribution in [1.82, 2.24) is 15.2 Å². The van der Waals surface area contributed by atoms with Gasteiger partial charge in [0.25, 0.3) is 0 Å². The minimum absolute atomic E-state index is 0. The van der Waals surface area contributed by atoms with Gasteiger partial charge in [0, 0.05) is 45.2 Å². The highest BCUT2D eigenvalue weighted by atomic mass is 127. The topological polar surface area (TPSA) is 63.7 Å². The first kappa shape index (κ1) is 20.6. The normalized spacial score (nSPS) is 11.1. The summed E-state index contributed by atoms with van der Waals surface area (Å²) in [6.07, 6.45) is 6.66. The fourth-order valence-corrected chi connectivity index (χ4v) is 2.09. The Morgan fingerprint density at radius 1 is 1.25 bits per heavy atom. The third kappa shape index (κ3) is 8.39. The van der Waals surface area contributed by atoms with E-state index in [0.717, 1.165) is 44.3 Å². The van der Waals surface area contributed by atoms with Gasteiger partial charge in [0.1, 0.15) is 12.4 Å². The molecule has 2 N–H and O–H groups in total. The van der Waals surface area contributed by atoms with Gasteiger partial charge in [-0.15, -0.1) is 24.0 Å². The summed E-state index contributed by atoms with van der Waals surface area (Å²) in [6, 6.07) is 7.84. The zero-order valence-corrected chi connectivity index (χ0v) is 16.4. The van der Waals surface area contributed by atoms with E-state index in [-0.39, 0.29) is 24.0 Å². The molecule has 134 valence electrons.